The third kappa shape index (κ3) is 3.88. The summed E-state index contributed by atoms with van der Waals surface area (Å²) in [5.41, 5.74) is 2.99. The van der Waals surface area contributed by atoms with E-state index in [4.69, 9.17) is 14.6 Å². The molecular weight excluding hydrogens is 320 g/mol. The number of para-hydroxylation sites is 1. The number of aryl methyl sites for hydroxylation is 1. The van der Waals surface area contributed by atoms with Gasteiger partial charge in [-0.25, -0.2) is 0 Å². The lowest BCUT2D eigenvalue weighted by molar-refractivity contribution is -0.137. The third-order valence-corrected chi connectivity index (χ3v) is 3.93. The van der Waals surface area contributed by atoms with Gasteiger partial charge in [-0.2, -0.15) is 0 Å². The first-order chi connectivity index (χ1) is 12.0. The minimum atomic E-state index is -0.896. The van der Waals surface area contributed by atoms with E-state index in [0.717, 1.165) is 11.1 Å². The van der Waals surface area contributed by atoms with Gasteiger partial charge in [0.2, 0.25) is 0 Å². The number of ketones is 1. The van der Waals surface area contributed by atoms with Crippen molar-refractivity contribution in [2.75, 3.05) is 13.2 Å². The van der Waals surface area contributed by atoms with Crippen LogP contribution in [-0.2, 0) is 4.79 Å². The second-order valence-corrected chi connectivity index (χ2v) is 5.80. The molecule has 0 aliphatic carbocycles. The maximum Gasteiger partial charge on any atom is 0.306 e. The molecule has 0 saturated heterocycles. The predicted octanol–water partition coefficient (Wildman–Crippen LogP) is 3.51. The van der Waals surface area contributed by atoms with Gasteiger partial charge in [0.1, 0.15) is 18.1 Å². The number of Topliss-reactive ketones (excluding diaryl/α,β-unsaturated/α-hetero) is 1. The largest absolute Gasteiger partial charge is 0.493 e. The lowest BCUT2D eigenvalue weighted by Gasteiger charge is -2.20. The standard InChI is InChI=1S/C20H18O5/c1-13-3-2-4-17-19(23)15(12-25-20(13)17)11-14-5-7-16(8-6-14)24-10-9-18(21)22/h2-8,11H,9-10,12H2,1H3,(H,21,22)/b15-11+. The average Bonchev–Trinajstić information content (AvgIpc) is 2.59. The maximum absolute atomic E-state index is 12.6. The van der Waals surface area contributed by atoms with Gasteiger partial charge in [-0.3, -0.25) is 9.59 Å². The van der Waals surface area contributed by atoms with Crippen LogP contribution in [0.15, 0.2) is 48.0 Å². The monoisotopic (exact) mass is 338 g/mol. The third-order valence-electron chi connectivity index (χ3n) is 3.93. The highest BCUT2D eigenvalue weighted by Crippen LogP contribution is 2.31. The van der Waals surface area contributed by atoms with E-state index in [2.05, 4.69) is 0 Å². The van der Waals surface area contributed by atoms with E-state index in [1.807, 2.05) is 31.2 Å². The number of carbonyl (C=O) groups is 2. The first-order valence-corrected chi connectivity index (χ1v) is 7.97. The summed E-state index contributed by atoms with van der Waals surface area (Å²) in [5, 5.41) is 8.60. The Morgan fingerprint density at radius 2 is 2.00 bits per heavy atom. The summed E-state index contributed by atoms with van der Waals surface area (Å²) in [4.78, 5) is 23.1. The Bertz CT molecular complexity index is 834. The number of benzene rings is 2. The fraction of sp³-hybridized carbons (Fsp3) is 0.200. The van der Waals surface area contributed by atoms with Crippen molar-refractivity contribution in [1.82, 2.24) is 0 Å². The van der Waals surface area contributed by atoms with Crippen LogP contribution in [0.3, 0.4) is 0 Å². The molecule has 0 aromatic heterocycles. The first kappa shape index (κ1) is 16.8. The number of aliphatic carboxylic acids is 1. The molecule has 5 nitrogen and oxygen atoms in total. The van der Waals surface area contributed by atoms with Crippen LogP contribution in [0.2, 0.25) is 0 Å². The summed E-state index contributed by atoms with van der Waals surface area (Å²) in [7, 11) is 0. The van der Waals surface area contributed by atoms with Gasteiger partial charge in [0.05, 0.1) is 18.6 Å². The summed E-state index contributed by atoms with van der Waals surface area (Å²) in [5.74, 6) is 0.335. The van der Waals surface area contributed by atoms with Crippen LogP contribution in [0, 0.1) is 6.92 Å². The number of hydrogen-bond donors (Lipinski definition) is 1. The Morgan fingerprint density at radius 1 is 1.24 bits per heavy atom. The zero-order chi connectivity index (χ0) is 17.8. The van der Waals surface area contributed by atoms with Gasteiger partial charge in [0.25, 0.3) is 0 Å². The van der Waals surface area contributed by atoms with E-state index in [-0.39, 0.29) is 25.4 Å². The molecule has 0 fully saturated rings. The Balaban J connectivity index is 1.73. The number of carboxylic acids is 1. The van der Waals surface area contributed by atoms with Gasteiger partial charge >= 0.3 is 5.97 Å². The second kappa shape index (κ2) is 7.21. The number of carboxylic acid groups (broad SMARTS) is 1. The van der Waals surface area contributed by atoms with E-state index >= 15 is 0 Å². The molecular formula is C20H18O5. The molecule has 3 rings (SSSR count). The van der Waals surface area contributed by atoms with Crippen molar-refractivity contribution in [1.29, 1.82) is 0 Å². The molecule has 1 aliphatic heterocycles. The van der Waals surface area contributed by atoms with Crippen LogP contribution in [0.4, 0.5) is 0 Å². The normalized spacial score (nSPS) is 14.8. The number of carbonyl (C=O) groups excluding carboxylic acids is 1. The van der Waals surface area contributed by atoms with E-state index in [9.17, 15) is 9.59 Å². The van der Waals surface area contributed by atoms with Crippen molar-refractivity contribution in [3.8, 4) is 11.5 Å². The summed E-state index contributed by atoms with van der Waals surface area (Å²) in [6.45, 7) is 2.29. The van der Waals surface area contributed by atoms with Crippen LogP contribution >= 0.6 is 0 Å². The molecule has 0 amide bonds. The lowest BCUT2D eigenvalue weighted by atomic mass is 9.96. The van der Waals surface area contributed by atoms with Crippen molar-refractivity contribution in [2.45, 2.75) is 13.3 Å². The van der Waals surface area contributed by atoms with Gasteiger partial charge in [0.15, 0.2) is 5.78 Å². The topological polar surface area (TPSA) is 72.8 Å². The minimum absolute atomic E-state index is 0.0215. The summed E-state index contributed by atoms with van der Waals surface area (Å²) >= 11 is 0. The molecule has 0 bridgehead atoms. The molecule has 128 valence electrons. The molecule has 0 spiro atoms. The zero-order valence-electron chi connectivity index (χ0n) is 13.8. The van der Waals surface area contributed by atoms with Crippen LogP contribution < -0.4 is 9.47 Å². The van der Waals surface area contributed by atoms with Crippen LogP contribution in [0.25, 0.3) is 6.08 Å². The molecule has 25 heavy (non-hydrogen) atoms. The molecule has 0 radical (unpaired) electrons. The van der Waals surface area contributed by atoms with E-state index < -0.39 is 5.97 Å². The van der Waals surface area contributed by atoms with Gasteiger partial charge in [-0.1, -0.05) is 24.3 Å². The molecule has 2 aromatic carbocycles. The van der Waals surface area contributed by atoms with Crippen molar-refractivity contribution < 1.29 is 24.2 Å². The quantitative estimate of drug-likeness (QED) is 0.845. The Kier molecular flexibility index (Phi) is 4.84. The van der Waals surface area contributed by atoms with Crippen molar-refractivity contribution >= 4 is 17.8 Å². The molecule has 5 heteroatoms. The van der Waals surface area contributed by atoms with E-state index in [1.165, 1.54) is 0 Å². The van der Waals surface area contributed by atoms with Gasteiger partial charge in [-0.15, -0.1) is 0 Å². The van der Waals surface area contributed by atoms with Crippen molar-refractivity contribution in [3.63, 3.8) is 0 Å². The fourth-order valence-corrected chi connectivity index (χ4v) is 2.64. The highest BCUT2D eigenvalue weighted by atomic mass is 16.5. The Labute approximate surface area is 145 Å². The molecule has 0 saturated carbocycles. The van der Waals surface area contributed by atoms with Crippen LogP contribution in [-0.4, -0.2) is 30.1 Å². The number of fused-ring (bicyclic) bond motifs is 1. The number of ether oxygens (including phenoxy) is 2. The predicted molar refractivity (Wildman–Crippen MR) is 93.2 cm³/mol. The smallest absolute Gasteiger partial charge is 0.306 e. The molecule has 1 heterocycles. The number of rotatable bonds is 5. The lowest BCUT2D eigenvalue weighted by Crippen LogP contribution is -2.19. The van der Waals surface area contributed by atoms with Gasteiger partial charge in [-0.05, 0) is 42.3 Å². The highest BCUT2D eigenvalue weighted by molar-refractivity contribution is 6.14. The van der Waals surface area contributed by atoms with Gasteiger partial charge < -0.3 is 14.6 Å². The van der Waals surface area contributed by atoms with E-state index in [0.29, 0.717) is 22.6 Å². The van der Waals surface area contributed by atoms with Crippen molar-refractivity contribution in [2.24, 2.45) is 0 Å². The number of hydrogen-bond acceptors (Lipinski definition) is 4. The molecule has 0 atom stereocenters. The Morgan fingerprint density at radius 3 is 2.72 bits per heavy atom. The molecule has 2 aromatic rings. The fourth-order valence-electron chi connectivity index (χ4n) is 2.64. The molecule has 1 aliphatic rings. The maximum atomic E-state index is 12.6. The summed E-state index contributed by atoms with van der Waals surface area (Å²) in [6.07, 6.45) is 1.76. The summed E-state index contributed by atoms with van der Waals surface area (Å²) in [6, 6.07) is 12.7. The first-order valence-electron chi connectivity index (χ1n) is 7.97. The van der Waals surface area contributed by atoms with Gasteiger partial charge in [0, 0.05) is 5.57 Å². The second-order valence-electron chi connectivity index (χ2n) is 5.80. The Hall–Kier alpha value is -3.08. The molecule has 0 unspecified atom stereocenters. The minimum Gasteiger partial charge on any atom is -0.493 e. The zero-order valence-corrected chi connectivity index (χ0v) is 13.8. The highest BCUT2D eigenvalue weighted by Gasteiger charge is 2.24. The van der Waals surface area contributed by atoms with Crippen LogP contribution in [0.5, 0.6) is 11.5 Å². The van der Waals surface area contributed by atoms with Crippen LogP contribution in [0.1, 0.15) is 27.9 Å². The van der Waals surface area contributed by atoms with Crippen molar-refractivity contribution in [3.05, 3.63) is 64.7 Å². The SMILES string of the molecule is Cc1cccc2c1OC/C(=C\c1ccc(OCCC(=O)O)cc1)C2=O. The average molecular weight is 338 g/mol. The molecule has 1 N–H and O–H groups in total. The summed E-state index contributed by atoms with van der Waals surface area (Å²) < 4.78 is 11.1. The van der Waals surface area contributed by atoms with E-state index in [1.54, 1.807) is 24.3 Å².